The smallest absolute Gasteiger partial charge is 0.217 e. The van der Waals surface area contributed by atoms with E-state index in [1.807, 2.05) is 6.07 Å². The van der Waals surface area contributed by atoms with Crippen LogP contribution in [0.1, 0.15) is 115 Å². The second-order valence-electron chi connectivity index (χ2n) is 10.1. The molecule has 30 heavy (non-hydrogen) atoms. The molecule has 1 saturated carbocycles. The fourth-order valence-electron chi connectivity index (χ4n) is 5.27. The van der Waals surface area contributed by atoms with Gasteiger partial charge in [0.15, 0.2) is 0 Å². The monoisotopic (exact) mass is 417 g/mol. The summed E-state index contributed by atoms with van der Waals surface area (Å²) in [6, 6.07) is 6.27. The summed E-state index contributed by atoms with van der Waals surface area (Å²) >= 11 is 0. The van der Waals surface area contributed by atoms with Crippen molar-refractivity contribution in [1.29, 1.82) is 0 Å². The molecule has 1 amide bonds. The molecule has 0 spiro atoms. The highest BCUT2D eigenvalue weighted by molar-refractivity contribution is 5.73. The first-order chi connectivity index (χ1) is 14.2. The van der Waals surface area contributed by atoms with Crippen molar-refractivity contribution in [2.45, 2.75) is 115 Å². The quantitative estimate of drug-likeness (QED) is 0.390. The Labute approximate surface area is 183 Å². The zero-order chi connectivity index (χ0) is 22.2. The van der Waals surface area contributed by atoms with Crippen molar-refractivity contribution in [1.82, 2.24) is 5.32 Å². The maximum Gasteiger partial charge on any atom is 0.217 e. The molecule has 170 valence electrons. The van der Waals surface area contributed by atoms with Crippen LogP contribution in [-0.4, -0.2) is 28.3 Å². The molecule has 4 heteroatoms. The number of hydrogen-bond acceptors (Lipinski definition) is 3. The second kappa shape index (κ2) is 11.2. The molecule has 0 aliphatic heterocycles. The van der Waals surface area contributed by atoms with Gasteiger partial charge in [-0.05, 0) is 67.1 Å². The molecule has 2 rings (SSSR count). The van der Waals surface area contributed by atoms with E-state index in [0.717, 1.165) is 44.1 Å². The number of aliphatic hydroxyl groups is 1. The number of carbonyl (C=O) groups excluding carboxylic acids is 1. The first-order valence-electron chi connectivity index (χ1n) is 12.0. The molecule has 2 atom stereocenters. The van der Waals surface area contributed by atoms with Crippen molar-refractivity contribution in [3.63, 3.8) is 0 Å². The van der Waals surface area contributed by atoms with Crippen molar-refractivity contribution in [2.75, 3.05) is 6.61 Å². The highest BCUT2D eigenvalue weighted by atomic mass is 16.3. The third kappa shape index (κ3) is 6.73. The summed E-state index contributed by atoms with van der Waals surface area (Å²) in [5.41, 5.74) is 1.97. The predicted molar refractivity (Wildman–Crippen MR) is 124 cm³/mol. The van der Waals surface area contributed by atoms with Gasteiger partial charge in [-0.2, -0.15) is 0 Å². The van der Waals surface area contributed by atoms with E-state index in [2.05, 4.69) is 38.2 Å². The van der Waals surface area contributed by atoms with Crippen molar-refractivity contribution in [3.8, 4) is 5.75 Å². The number of aromatic hydroxyl groups is 1. The van der Waals surface area contributed by atoms with Crippen molar-refractivity contribution in [2.24, 2.45) is 0 Å². The number of phenols is 1. The van der Waals surface area contributed by atoms with E-state index in [0.29, 0.717) is 12.2 Å². The highest BCUT2D eigenvalue weighted by Gasteiger charge is 2.38. The van der Waals surface area contributed by atoms with Crippen LogP contribution in [0.5, 0.6) is 5.75 Å². The standard InChI is InChI=1S/C26H43NO3/c1-5-6-7-8-14-25(3,4)22-12-13-23(24(30)18-22)21-11-9-15-26(19-21,16-10-17-28)27-20(2)29/h12-13,18,21,28,30H,5-11,14-17,19H2,1-4H3,(H,27,29)/t21-,26-/m0/s1. The van der Waals surface area contributed by atoms with Crippen LogP contribution >= 0.6 is 0 Å². The van der Waals surface area contributed by atoms with E-state index in [4.69, 9.17) is 0 Å². The highest BCUT2D eigenvalue weighted by Crippen LogP contribution is 2.44. The van der Waals surface area contributed by atoms with Gasteiger partial charge < -0.3 is 15.5 Å². The summed E-state index contributed by atoms with van der Waals surface area (Å²) in [5.74, 6) is 0.601. The van der Waals surface area contributed by atoms with E-state index in [9.17, 15) is 15.0 Å². The second-order valence-corrected chi connectivity index (χ2v) is 10.1. The number of nitrogens with one attached hydrogen (secondary N) is 1. The summed E-state index contributed by atoms with van der Waals surface area (Å²) < 4.78 is 0. The largest absolute Gasteiger partial charge is 0.508 e. The summed E-state index contributed by atoms with van der Waals surface area (Å²) in [4.78, 5) is 11.8. The molecule has 0 heterocycles. The molecule has 1 aliphatic carbocycles. The Hall–Kier alpha value is -1.55. The normalized spacial score (nSPS) is 22.1. The molecule has 3 N–H and O–H groups in total. The molecule has 1 aromatic carbocycles. The minimum Gasteiger partial charge on any atom is -0.508 e. The van der Waals surface area contributed by atoms with Gasteiger partial charge >= 0.3 is 0 Å². The average molecular weight is 418 g/mol. The molecule has 0 aromatic heterocycles. The van der Waals surface area contributed by atoms with Gasteiger partial charge in [0.1, 0.15) is 5.75 Å². The van der Waals surface area contributed by atoms with Gasteiger partial charge in [0.05, 0.1) is 0 Å². The van der Waals surface area contributed by atoms with E-state index in [1.54, 1.807) is 6.92 Å². The van der Waals surface area contributed by atoms with Gasteiger partial charge in [0.2, 0.25) is 5.91 Å². The Balaban J connectivity index is 2.15. The van der Waals surface area contributed by atoms with E-state index in [1.165, 1.54) is 31.2 Å². The molecule has 0 saturated heterocycles. The Kier molecular flexibility index (Phi) is 9.21. The Morgan fingerprint density at radius 1 is 1.23 bits per heavy atom. The molecule has 0 bridgehead atoms. The first kappa shape index (κ1) is 24.7. The van der Waals surface area contributed by atoms with Crippen LogP contribution in [0.3, 0.4) is 0 Å². The summed E-state index contributed by atoms with van der Waals surface area (Å²) in [6.07, 6.45) is 11.4. The Morgan fingerprint density at radius 2 is 2.00 bits per heavy atom. The topological polar surface area (TPSA) is 69.6 Å². The maximum atomic E-state index is 11.8. The van der Waals surface area contributed by atoms with Gasteiger partial charge in [-0.1, -0.05) is 65.0 Å². The van der Waals surface area contributed by atoms with Crippen LogP contribution in [0.2, 0.25) is 0 Å². The number of benzene rings is 1. The fourth-order valence-corrected chi connectivity index (χ4v) is 5.27. The average Bonchev–Trinajstić information content (AvgIpc) is 2.69. The van der Waals surface area contributed by atoms with Gasteiger partial charge in [-0.15, -0.1) is 0 Å². The minimum atomic E-state index is -0.277. The zero-order valence-electron chi connectivity index (χ0n) is 19.6. The number of carbonyl (C=O) groups is 1. The maximum absolute atomic E-state index is 11.8. The number of unbranched alkanes of at least 4 members (excludes halogenated alkanes) is 3. The SMILES string of the molecule is CCCCCCC(C)(C)c1ccc([C@H]2CCC[C@@](CCCO)(NC(C)=O)C2)c(O)c1. The molecule has 0 unspecified atom stereocenters. The summed E-state index contributed by atoms with van der Waals surface area (Å²) in [6.45, 7) is 8.48. The van der Waals surface area contributed by atoms with Crippen LogP contribution in [0.25, 0.3) is 0 Å². The third-order valence-electron chi connectivity index (χ3n) is 7.01. The lowest BCUT2D eigenvalue weighted by Gasteiger charge is -2.42. The molecular formula is C26H43NO3. The van der Waals surface area contributed by atoms with Crippen LogP contribution in [-0.2, 0) is 10.2 Å². The molecule has 1 aliphatic rings. The predicted octanol–water partition coefficient (Wildman–Crippen LogP) is 5.95. The molecule has 1 aromatic rings. The van der Waals surface area contributed by atoms with E-state index in [-0.39, 0.29) is 29.4 Å². The Morgan fingerprint density at radius 3 is 2.63 bits per heavy atom. The van der Waals surface area contributed by atoms with Gasteiger partial charge in [-0.3, -0.25) is 4.79 Å². The number of rotatable bonds is 11. The lowest BCUT2D eigenvalue weighted by molar-refractivity contribution is -0.121. The van der Waals surface area contributed by atoms with Crippen LogP contribution in [0, 0.1) is 0 Å². The van der Waals surface area contributed by atoms with Gasteiger partial charge in [0.25, 0.3) is 0 Å². The molecule has 4 nitrogen and oxygen atoms in total. The van der Waals surface area contributed by atoms with Crippen LogP contribution in [0.15, 0.2) is 18.2 Å². The number of phenolic OH excluding ortho intramolecular Hbond substituents is 1. The van der Waals surface area contributed by atoms with E-state index < -0.39 is 0 Å². The number of amides is 1. The van der Waals surface area contributed by atoms with Crippen LogP contribution in [0.4, 0.5) is 0 Å². The van der Waals surface area contributed by atoms with Crippen molar-refractivity contribution < 1.29 is 15.0 Å². The summed E-state index contributed by atoms with van der Waals surface area (Å²) in [7, 11) is 0. The van der Waals surface area contributed by atoms with E-state index >= 15 is 0 Å². The third-order valence-corrected chi connectivity index (χ3v) is 7.01. The zero-order valence-corrected chi connectivity index (χ0v) is 19.6. The fraction of sp³-hybridized carbons (Fsp3) is 0.731. The Bertz CT molecular complexity index is 685. The van der Waals surface area contributed by atoms with Crippen molar-refractivity contribution >= 4 is 5.91 Å². The van der Waals surface area contributed by atoms with Gasteiger partial charge in [-0.25, -0.2) is 0 Å². The van der Waals surface area contributed by atoms with Crippen molar-refractivity contribution in [3.05, 3.63) is 29.3 Å². The lowest BCUT2D eigenvalue weighted by atomic mass is 9.70. The molecule has 1 fully saturated rings. The number of aliphatic hydroxyl groups excluding tert-OH is 1. The van der Waals surface area contributed by atoms with Crippen LogP contribution < -0.4 is 5.32 Å². The lowest BCUT2D eigenvalue weighted by Crippen LogP contribution is -2.50. The first-order valence-corrected chi connectivity index (χ1v) is 12.0. The number of hydrogen-bond donors (Lipinski definition) is 3. The summed E-state index contributed by atoms with van der Waals surface area (Å²) in [5, 5.41) is 23.4. The molecule has 0 radical (unpaired) electrons. The van der Waals surface area contributed by atoms with Gasteiger partial charge in [0, 0.05) is 19.1 Å². The molecular weight excluding hydrogens is 374 g/mol. The minimum absolute atomic E-state index is 0.0158.